The van der Waals surface area contributed by atoms with E-state index < -0.39 is 0 Å². The molecule has 0 aliphatic heterocycles. The van der Waals surface area contributed by atoms with Crippen molar-refractivity contribution >= 4 is 50.8 Å². The quantitative estimate of drug-likeness (QED) is 0.360. The van der Waals surface area contributed by atoms with Gasteiger partial charge in [-0.2, -0.15) is 0 Å². The maximum atomic E-state index is 12.7. The van der Waals surface area contributed by atoms with E-state index in [4.69, 9.17) is 9.15 Å². The highest BCUT2D eigenvalue weighted by Crippen LogP contribution is 2.36. The maximum absolute atomic E-state index is 12.7. The number of benzene rings is 3. The molecule has 5 rings (SSSR count). The van der Waals surface area contributed by atoms with Gasteiger partial charge in [0.15, 0.2) is 0 Å². The Hall–Kier alpha value is -4.00. The summed E-state index contributed by atoms with van der Waals surface area (Å²) in [6, 6.07) is 17.1. The smallest absolute Gasteiger partial charge is 0.243 e. The Morgan fingerprint density at radius 1 is 0.970 bits per heavy atom. The van der Waals surface area contributed by atoms with Gasteiger partial charge in [0.2, 0.25) is 11.8 Å². The van der Waals surface area contributed by atoms with E-state index in [2.05, 4.69) is 16.0 Å². The molecule has 0 unspecified atom stereocenters. The van der Waals surface area contributed by atoms with Crippen LogP contribution in [0.15, 0.2) is 59.0 Å². The number of hydrogen-bond acceptors (Lipinski definition) is 5. The zero-order valence-electron chi connectivity index (χ0n) is 18.5. The van der Waals surface area contributed by atoms with E-state index in [1.54, 1.807) is 13.2 Å². The summed E-state index contributed by atoms with van der Waals surface area (Å²) in [4.78, 5) is 24.7. The Balaban J connectivity index is 1.30. The van der Waals surface area contributed by atoms with Crippen LogP contribution in [0.2, 0.25) is 0 Å². The number of furan rings is 1. The summed E-state index contributed by atoms with van der Waals surface area (Å²) in [7, 11) is 1.57. The molecule has 3 N–H and O–H groups in total. The SMILES string of the molecule is COc1cc2c(cc1NC(=O)CNc1cc(NC(=O)C3CC3)ccc1C)oc1ccccc12. The van der Waals surface area contributed by atoms with Gasteiger partial charge in [0.1, 0.15) is 16.9 Å². The van der Waals surface area contributed by atoms with Gasteiger partial charge in [-0.15, -0.1) is 0 Å². The molecule has 7 heteroatoms. The highest BCUT2D eigenvalue weighted by Gasteiger charge is 2.29. The maximum Gasteiger partial charge on any atom is 0.243 e. The average Bonchev–Trinajstić information content (AvgIpc) is 3.60. The van der Waals surface area contributed by atoms with E-state index in [0.29, 0.717) is 17.0 Å². The molecule has 168 valence electrons. The van der Waals surface area contributed by atoms with Gasteiger partial charge >= 0.3 is 0 Å². The zero-order chi connectivity index (χ0) is 22.9. The molecule has 1 aromatic heterocycles. The Kier molecular flexibility index (Phi) is 5.38. The van der Waals surface area contributed by atoms with Crippen LogP contribution in [0.1, 0.15) is 18.4 Å². The van der Waals surface area contributed by atoms with Gasteiger partial charge in [0.25, 0.3) is 0 Å². The van der Waals surface area contributed by atoms with Gasteiger partial charge in [-0.25, -0.2) is 0 Å². The fourth-order valence-corrected chi connectivity index (χ4v) is 3.87. The van der Waals surface area contributed by atoms with Gasteiger partial charge in [-0.05, 0) is 49.6 Å². The van der Waals surface area contributed by atoms with Crippen molar-refractivity contribution < 1.29 is 18.7 Å². The van der Waals surface area contributed by atoms with E-state index in [1.807, 2.05) is 55.5 Å². The monoisotopic (exact) mass is 443 g/mol. The van der Waals surface area contributed by atoms with Gasteiger partial charge < -0.3 is 25.1 Å². The van der Waals surface area contributed by atoms with E-state index in [9.17, 15) is 9.59 Å². The molecule has 1 heterocycles. The number of carbonyl (C=O) groups is 2. The molecule has 2 amide bonds. The van der Waals surface area contributed by atoms with Crippen LogP contribution in [-0.4, -0.2) is 25.5 Å². The molecule has 0 radical (unpaired) electrons. The summed E-state index contributed by atoms with van der Waals surface area (Å²) in [6.45, 7) is 2.01. The number of nitrogens with one attached hydrogen (secondary N) is 3. The topological polar surface area (TPSA) is 92.6 Å². The molecule has 4 aromatic rings. The highest BCUT2D eigenvalue weighted by atomic mass is 16.5. The van der Waals surface area contributed by atoms with Crippen LogP contribution in [0.5, 0.6) is 5.75 Å². The number of aryl methyl sites for hydroxylation is 1. The Morgan fingerprint density at radius 3 is 2.58 bits per heavy atom. The van der Waals surface area contributed by atoms with E-state index >= 15 is 0 Å². The largest absolute Gasteiger partial charge is 0.495 e. The lowest BCUT2D eigenvalue weighted by atomic mass is 10.1. The molecule has 1 aliphatic carbocycles. The van der Waals surface area contributed by atoms with Gasteiger partial charge in [0, 0.05) is 34.1 Å². The van der Waals surface area contributed by atoms with Crippen molar-refractivity contribution in [3.8, 4) is 5.75 Å². The predicted octanol–water partition coefficient (Wildman–Crippen LogP) is 5.30. The molecule has 0 bridgehead atoms. The van der Waals surface area contributed by atoms with Crippen LogP contribution in [-0.2, 0) is 9.59 Å². The molecule has 0 saturated heterocycles. The van der Waals surface area contributed by atoms with Crippen LogP contribution in [0.25, 0.3) is 21.9 Å². The molecular weight excluding hydrogens is 418 g/mol. The second-order valence-electron chi connectivity index (χ2n) is 8.34. The number of fused-ring (bicyclic) bond motifs is 3. The summed E-state index contributed by atoms with van der Waals surface area (Å²) in [6.07, 6.45) is 1.90. The summed E-state index contributed by atoms with van der Waals surface area (Å²) in [5.74, 6) is 0.516. The van der Waals surface area contributed by atoms with Gasteiger partial charge in [-0.1, -0.05) is 24.3 Å². The van der Waals surface area contributed by atoms with Gasteiger partial charge in [0.05, 0.1) is 19.3 Å². The highest BCUT2D eigenvalue weighted by molar-refractivity contribution is 6.08. The fourth-order valence-electron chi connectivity index (χ4n) is 3.87. The van der Waals surface area contributed by atoms with Crippen LogP contribution >= 0.6 is 0 Å². The molecule has 0 atom stereocenters. The molecule has 1 fully saturated rings. The van der Waals surface area contributed by atoms with Gasteiger partial charge in [-0.3, -0.25) is 9.59 Å². The standard InChI is InChI=1S/C26H25N3O4/c1-15-7-10-17(28-26(31)16-8-9-16)11-20(15)27-14-25(30)29-21-13-23-19(12-24(21)32-2)18-5-3-4-6-22(18)33-23/h3-7,10-13,16,27H,8-9,14H2,1-2H3,(H,28,31)(H,29,30). The fraction of sp³-hybridized carbons (Fsp3) is 0.231. The minimum atomic E-state index is -0.226. The first kappa shape index (κ1) is 20.9. The first-order valence-corrected chi connectivity index (χ1v) is 11.0. The second-order valence-corrected chi connectivity index (χ2v) is 8.34. The van der Waals surface area contributed by atoms with Crippen LogP contribution in [0.3, 0.4) is 0 Å². The van der Waals surface area contributed by atoms with Crippen molar-refractivity contribution in [3.05, 3.63) is 60.2 Å². The van der Waals surface area contributed by atoms with Crippen molar-refractivity contribution in [2.24, 2.45) is 5.92 Å². The first-order valence-electron chi connectivity index (χ1n) is 11.0. The third-order valence-electron chi connectivity index (χ3n) is 5.87. The number of anilines is 3. The molecule has 1 aliphatic rings. The normalized spacial score (nSPS) is 13.2. The number of methoxy groups -OCH3 is 1. The molecular formula is C26H25N3O4. The summed E-state index contributed by atoms with van der Waals surface area (Å²) < 4.78 is 11.4. The number of carbonyl (C=O) groups excluding carboxylic acids is 2. The Morgan fingerprint density at radius 2 is 1.79 bits per heavy atom. The van der Waals surface area contributed by atoms with Crippen molar-refractivity contribution in [2.45, 2.75) is 19.8 Å². The summed E-state index contributed by atoms with van der Waals surface area (Å²) in [5, 5.41) is 10.9. The molecule has 3 aromatic carbocycles. The first-order chi connectivity index (χ1) is 16.0. The lowest BCUT2D eigenvalue weighted by Gasteiger charge is -2.14. The van der Waals surface area contributed by atoms with Crippen molar-refractivity contribution in [2.75, 3.05) is 29.6 Å². The van der Waals surface area contributed by atoms with Crippen LogP contribution in [0, 0.1) is 12.8 Å². The van der Waals surface area contributed by atoms with Crippen molar-refractivity contribution in [3.63, 3.8) is 0 Å². The van der Waals surface area contributed by atoms with Crippen molar-refractivity contribution in [1.82, 2.24) is 0 Å². The predicted molar refractivity (Wildman–Crippen MR) is 130 cm³/mol. The third-order valence-corrected chi connectivity index (χ3v) is 5.87. The summed E-state index contributed by atoms with van der Waals surface area (Å²) >= 11 is 0. The second kappa shape index (κ2) is 8.50. The van der Waals surface area contributed by atoms with E-state index in [1.165, 1.54) is 0 Å². The Bertz CT molecular complexity index is 1370. The molecule has 0 spiro atoms. The minimum Gasteiger partial charge on any atom is -0.495 e. The van der Waals surface area contributed by atoms with E-state index in [-0.39, 0.29) is 24.3 Å². The number of rotatable bonds is 7. The Labute approximate surface area is 191 Å². The lowest BCUT2D eigenvalue weighted by molar-refractivity contribution is -0.117. The minimum absolute atomic E-state index is 0.0515. The lowest BCUT2D eigenvalue weighted by Crippen LogP contribution is -2.22. The van der Waals surface area contributed by atoms with Crippen LogP contribution < -0.4 is 20.7 Å². The molecule has 7 nitrogen and oxygen atoms in total. The van der Waals surface area contributed by atoms with Crippen molar-refractivity contribution in [1.29, 1.82) is 0 Å². The number of hydrogen-bond donors (Lipinski definition) is 3. The van der Waals surface area contributed by atoms with E-state index in [0.717, 1.165) is 46.1 Å². The summed E-state index contributed by atoms with van der Waals surface area (Å²) in [5.41, 5.74) is 4.49. The molecule has 1 saturated carbocycles. The third kappa shape index (κ3) is 4.35. The average molecular weight is 444 g/mol. The number of ether oxygens (including phenoxy) is 1. The number of para-hydroxylation sites is 1. The number of amides is 2. The zero-order valence-corrected chi connectivity index (χ0v) is 18.5. The molecule has 33 heavy (non-hydrogen) atoms. The van der Waals surface area contributed by atoms with Crippen LogP contribution in [0.4, 0.5) is 17.1 Å².